The smallest absolute Gasteiger partial charge is 0.407 e. The van der Waals surface area contributed by atoms with Crippen LogP contribution >= 0.6 is 0 Å². The number of aromatic nitrogens is 2. The van der Waals surface area contributed by atoms with E-state index in [0.29, 0.717) is 36.8 Å². The summed E-state index contributed by atoms with van der Waals surface area (Å²) in [4.78, 5) is 53.9. The van der Waals surface area contributed by atoms with Gasteiger partial charge in [0.05, 0.1) is 24.6 Å². The summed E-state index contributed by atoms with van der Waals surface area (Å²) in [6, 6.07) is -1.06. The Hall–Kier alpha value is -2.83. The lowest BCUT2D eigenvalue weighted by Gasteiger charge is -2.39. The minimum atomic E-state index is -1.12. The van der Waals surface area contributed by atoms with Gasteiger partial charge < -0.3 is 25.4 Å². The number of carbonyl (C=O) groups is 3. The van der Waals surface area contributed by atoms with E-state index in [-0.39, 0.29) is 36.1 Å². The fourth-order valence-electron chi connectivity index (χ4n) is 4.38. The number of ether oxygens (including phenoxy) is 1. The second-order valence-electron chi connectivity index (χ2n) is 11.1. The minimum absolute atomic E-state index is 0.0674. The monoisotopic (exact) mass is 536 g/mol. The van der Waals surface area contributed by atoms with E-state index in [1.165, 1.54) is 19.1 Å². The van der Waals surface area contributed by atoms with E-state index in [1.807, 2.05) is 34.6 Å². The molecule has 214 valence electrons. The molecule has 0 aromatic carbocycles. The fourth-order valence-corrected chi connectivity index (χ4v) is 4.38. The quantitative estimate of drug-likeness (QED) is 0.207. The Morgan fingerprint density at radius 2 is 1.92 bits per heavy atom. The van der Waals surface area contributed by atoms with Gasteiger partial charge in [0, 0.05) is 58.1 Å². The number of methoxy groups -OCH3 is 1. The van der Waals surface area contributed by atoms with Gasteiger partial charge >= 0.3 is 6.09 Å². The highest BCUT2D eigenvalue weighted by molar-refractivity contribution is 6.03. The standard InChI is InChI=1S/C26H44N6O6/c1-16(2)20(29-18-12-17(23(34)31(6)38-8)14-32(15-18)25(35)36)21(33)19-13-28-24(26(3,4)5)30-22(19)27-10-9-11-37-7/h13,16-18,20,29H,9-12,14-15H2,1-8H3,(H,35,36)(H,27,28,30)/t17-,18+,20?/m1/s1. The number of nitrogens with zero attached hydrogens (tertiary/aromatic N) is 4. The maximum Gasteiger partial charge on any atom is 0.407 e. The maximum absolute atomic E-state index is 13.9. The van der Waals surface area contributed by atoms with Crippen LogP contribution < -0.4 is 10.6 Å². The van der Waals surface area contributed by atoms with Gasteiger partial charge in [0.1, 0.15) is 11.6 Å². The normalized spacial score (nSPS) is 18.8. The Kier molecular flexibility index (Phi) is 11.4. The maximum atomic E-state index is 13.9. The SMILES string of the molecule is COCCCNc1nc(C(C)(C)C)ncc1C(=O)C(N[C@H]1C[C@@H](C(=O)N(C)OC)CN(C(=O)O)C1)C(C)C. The summed E-state index contributed by atoms with van der Waals surface area (Å²) >= 11 is 0. The molecule has 1 unspecified atom stereocenters. The van der Waals surface area contributed by atoms with Crippen molar-refractivity contribution in [2.45, 2.75) is 65.0 Å². The summed E-state index contributed by atoms with van der Waals surface area (Å²) in [5.41, 5.74) is 0.0544. The third-order valence-corrected chi connectivity index (χ3v) is 6.56. The Morgan fingerprint density at radius 1 is 1.24 bits per heavy atom. The number of hydroxylamine groups is 2. The number of rotatable bonds is 12. The molecular formula is C26H44N6O6. The molecular weight excluding hydrogens is 492 g/mol. The molecule has 0 radical (unpaired) electrons. The van der Waals surface area contributed by atoms with Gasteiger partial charge in [0.15, 0.2) is 5.78 Å². The highest BCUT2D eigenvalue weighted by Crippen LogP contribution is 2.25. The average Bonchev–Trinajstić information content (AvgIpc) is 2.87. The Labute approximate surface area is 225 Å². The van der Waals surface area contributed by atoms with Crippen LogP contribution in [0, 0.1) is 11.8 Å². The third-order valence-electron chi connectivity index (χ3n) is 6.56. The van der Waals surface area contributed by atoms with Crippen molar-refractivity contribution in [3.8, 4) is 0 Å². The molecule has 0 aliphatic carbocycles. The summed E-state index contributed by atoms with van der Waals surface area (Å²) in [5, 5.41) is 17.4. The van der Waals surface area contributed by atoms with Crippen molar-refractivity contribution in [1.29, 1.82) is 0 Å². The summed E-state index contributed by atoms with van der Waals surface area (Å²) in [7, 11) is 4.51. The van der Waals surface area contributed by atoms with Crippen LogP contribution in [0.3, 0.4) is 0 Å². The van der Waals surface area contributed by atoms with Gasteiger partial charge in [-0.05, 0) is 18.8 Å². The van der Waals surface area contributed by atoms with Gasteiger partial charge in [-0.25, -0.2) is 19.8 Å². The molecule has 0 bridgehead atoms. The number of likely N-dealkylation sites (tertiary alicyclic amines) is 1. The molecule has 1 fully saturated rings. The minimum Gasteiger partial charge on any atom is -0.465 e. The lowest BCUT2D eigenvalue weighted by atomic mass is 9.89. The highest BCUT2D eigenvalue weighted by atomic mass is 16.7. The number of carbonyl (C=O) groups excluding carboxylic acids is 2. The molecule has 3 N–H and O–H groups in total. The summed E-state index contributed by atoms with van der Waals surface area (Å²) in [6.45, 7) is 11.2. The first kappa shape index (κ1) is 31.4. The van der Waals surface area contributed by atoms with Crippen LogP contribution in [0.15, 0.2) is 6.20 Å². The number of anilines is 1. The van der Waals surface area contributed by atoms with Crippen LogP contribution in [0.4, 0.5) is 10.6 Å². The number of hydrogen-bond acceptors (Lipinski definition) is 9. The molecule has 12 nitrogen and oxygen atoms in total. The number of ketones is 1. The molecule has 38 heavy (non-hydrogen) atoms. The van der Waals surface area contributed by atoms with Crippen LogP contribution in [0.1, 0.15) is 63.6 Å². The van der Waals surface area contributed by atoms with Crippen molar-refractivity contribution in [1.82, 2.24) is 25.2 Å². The van der Waals surface area contributed by atoms with E-state index in [1.54, 1.807) is 13.3 Å². The van der Waals surface area contributed by atoms with Gasteiger partial charge in [-0.15, -0.1) is 0 Å². The first-order valence-corrected chi connectivity index (χ1v) is 13.0. The van der Waals surface area contributed by atoms with E-state index in [2.05, 4.69) is 20.6 Å². The van der Waals surface area contributed by atoms with Gasteiger partial charge in [-0.2, -0.15) is 0 Å². The van der Waals surface area contributed by atoms with Gasteiger partial charge in [0.25, 0.3) is 5.91 Å². The van der Waals surface area contributed by atoms with Crippen LogP contribution in [-0.4, -0.2) is 102 Å². The molecule has 1 aromatic heterocycles. The number of carboxylic acid groups (broad SMARTS) is 1. The molecule has 2 heterocycles. The molecule has 0 saturated carbocycles. The Bertz CT molecular complexity index is 966. The third kappa shape index (κ3) is 8.34. The lowest BCUT2D eigenvalue weighted by Crippen LogP contribution is -2.57. The number of piperidine rings is 1. The average molecular weight is 537 g/mol. The van der Waals surface area contributed by atoms with E-state index in [9.17, 15) is 19.5 Å². The molecule has 12 heteroatoms. The fraction of sp³-hybridized carbons (Fsp3) is 0.731. The molecule has 1 aliphatic heterocycles. The van der Waals surface area contributed by atoms with Crippen molar-refractivity contribution >= 4 is 23.6 Å². The van der Waals surface area contributed by atoms with E-state index < -0.39 is 24.1 Å². The predicted molar refractivity (Wildman–Crippen MR) is 143 cm³/mol. The van der Waals surface area contributed by atoms with E-state index in [4.69, 9.17) is 9.57 Å². The predicted octanol–water partition coefficient (Wildman–Crippen LogP) is 2.41. The molecule has 1 aliphatic rings. The van der Waals surface area contributed by atoms with Crippen LogP contribution in [-0.2, 0) is 19.8 Å². The van der Waals surface area contributed by atoms with Crippen LogP contribution in [0.2, 0.25) is 0 Å². The summed E-state index contributed by atoms with van der Waals surface area (Å²) in [6.07, 6.45) is 1.56. The van der Waals surface area contributed by atoms with Gasteiger partial charge in [0.2, 0.25) is 0 Å². The molecule has 2 rings (SSSR count). The van der Waals surface area contributed by atoms with Crippen molar-refractivity contribution in [3.05, 3.63) is 17.6 Å². The largest absolute Gasteiger partial charge is 0.465 e. The van der Waals surface area contributed by atoms with Crippen LogP contribution in [0.5, 0.6) is 0 Å². The Balaban J connectivity index is 2.34. The number of amides is 2. The van der Waals surface area contributed by atoms with Crippen molar-refractivity contribution < 1.29 is 29.1 Å². The number of hydrogen-bond donors (Lipinski definition) is 3. The van der Waals surface area contributed by atoms with Gasteiger partial charge in [-0.1, -0.05) is 34.6 Å². The summed E-state index contributed by atoms with van der Waals surface area (Å²) in [5.74, 6) is -0.153. The zero-order valence-electron chi connectivity index (χ0n) is 23.9. The molecule has 2 amide bonds. The molecule has 0 spiro atoms. The second-order valence-corrected chi connectivity index (χ2v) is 11.1. The Morgan fingerprint density at radius 3 is 2.47 bits per heavy atom. The van der Waals surface area contributed by atoms with Gasteiger partial charge in [-0.3, -0.25) is 14.4 Å². The van der Waals surface area contributed by atoms with Crippen molar-refractivity contribution in [2.24, 2.45) is 11.8 Å². The zero-order valence-corrected chi connectivity index (χ0v) is 23.9. The topological polar surface area (TPSA) is 146 Å². The van der Waals surface area contributed by atoms with Crippen LogP contribution in [0.25, 0.3) is 0 Å². The second kappa shape index (κ2) is 13.8. The van der Waals surface area contributed by atoms with E-state index in [0.717, 1.165) is 11.5 Å². The van der Waals surface area contributed by atoms with Crippen molar-refractivity contribution in [3.63, 3.8) is 0 Å². The first-order chi connectivity index (χ1) is 17.8. The lowest BCUT2D eigenvalue weighted by molar-refractivity contribution is -0.175. The first-order valence-electron chi connectivity index (χ1n) is 13.0. The number of Topliss-reactive ketones (excluding diaryl/α,β-unsaturated/α-hetero) is 1. The highest BCUT2D eigenvalue weighted by Gasteiger charge is 2.38. The molecule has 1 aromatic rings. The van der Waals surface area contributed by atoms with Crippen molar-refractivity contribution in [2.75, 3.05) is 52.8 Å². The molecule has 3 atom stereocenters. The molecule has 1 saturated heterocycles. The summed E-state index contributed by atoms with van der Waals surface area (Å²) < 4.78 is 5.13. The zero-order chi connectivity index (χ0) is 28.6. The number of nitrogens with one attached hydrogen (secondary N) is 2. The van der Waals surface area contributed by atoms with E-state index >= 15 is 0 Å².